The van der Waals surface area contributed by atoms with Crippen LogP contribution < -0.4 is 10.1 Å². The molecule has 0 spiro atoms. The lowest BCUT2D eigenvalue weighted by Crippen LogP contribution is -2.13. The molecule has 8 heteroatoms. The van der Waals surface area contributed by atoms with Gasteiger partial charge in [-0.1, -0.05) is 0 Å². The molecule has 26 heavy (non-hydrogen) atoms. The number of rotatable bonds is 7. The van der Waals surface area contributed by atoms with Gasteiger partial charge in [0.2, 0.25) is 5.91 Å². The first-order valence-corrected chi connectivity index (χ1v) is 9.57. The normalized spacial score (nSPS) is 10.1. The second kappa shape index (κ2) is 9.27. The van der Waals surface area contributed by atoms with E-state index in [0.29, 0.717) is 21.0 Å². The molecule has 0 atom stereocenters. The number of hydrogen-bond donors (Lipinski definition) is 1. The third kappa shape index (κ3) is 4.77. The maximum Gasteiger partial charge on any atom is 0.348 e. The van der Waals surface area contributed by atoms with Crippen LogP contribution in [0.15, 0.2) is 29.2 Å². The second-order valence-electron chi connectivity index (χ2n) is 5.10. The van der Waals surface area contributed by atoms with Gasteiger partial charge in [0, 0.05) is 4.90 Å². The first kappa shape index (κ1) is 19.8. The highest BCUT2D eigenvalue weighted by molar-refractivity contribution is 8.00. The molecule has 0 saturated carbocycles. The standard InChI is InChI=1S/C18H18N2O4S2/c1-4-24-18(22)16-11(2)14(9-19)17(26-16)20-15(21)10-25-13-7-5-12(23-3)6-8-13/h5-8H,4,10H2,1-3H3,(H,20,21). The minimum Gasteiger partial charge on any atom is -0.497 e. The summed E-state index contributed by atoms with van der Waals surface area (Å²) in [5.74, 6) is 0.194. The minimum absolute atomic E-state index is 0.183. The van der Waals surface area contributed by atoms with Crippen LogP contribution >= 0.6 is 23.1 Å². The van der Waals surface area contributed by atoms with Crippen molar-refractivity contribution in [3.05, 3.63) is 40.3 Å². The molecule has 6 nitrogen and oxygen atoms in total. The lowest BCUT2D eigenvalue weighted by Gasteiger charge is -2.05. The fourth-order valence-corrected chi connectivity index (χ4v) is 3.88. The second-order valence-corrected chi connectivity index (χ2v) is 7.17. The van der Waals surface area contributed by atoms with Crippen LogP contribution in [0.1, 0.15) is 27.7 Å². The van der Waals surface area contributed by atoms with Gasteiger partial charge in [-0.3, -0.25) is 4.79 Å². The van der Waals surface area contributed by atoms with E-state index < -0.39 is 5.97 Å². The van der Waals surface area contributed by atoms with E-state index >= 15 is 0 Å². The Morgan fingerprint density at radius 2 is 2.00 bits per heavy atom. The van der Waals surface area contributed by atoms with E-state index in [1.165, 1.54) is 11.8 Å². The number of nitrogens with zero attached hydrogens (tertiary/aromatic N) is 1. The number of thiophene rings is 1. The van der Waals surface area contributed by atoms with E-state index in [-0.39, 0.29) is 18.3 Å². The SMILES string of the molecule is CCOC(=O)c1sc(NC(=O)CSc2ccc(OC)cc2)c(C#N)c1C. The summed E-state index contributed by atoms with van der Waals surface area (Å²) >= 11 is 2.43. The van der Waals surface area contributed by atoms with Gasteiger partial charge in [0.1, 0.15) is 21.7 Å². The molecule has 136 valence electrons. The third-order valence-electron chi connectivity index (χ3n) is 3.40. The lowest BCUT2D eigenvalue weighted by molar-refractivity contribution is -0.113. The Bertz CT molecular complexity index is 838. The van der Waals surface area contributed by atoms with Crippen molar-refractivity contribution in [1.29, 1.82) is 5.26 Å². The van der Waals surface area contributed by atoms with Crippen LogP contribution in [0.3, 0.4) is 0 Å². The smallest absolute Gasteiger partial charge is 0.348 e. The van der Waals surface area contributed by atoms with Crippen LogP contribution in [0.5, 0.6) is 5.75 Å². The van der Waals surface area contributed by atoms with Gasteiger partial charge in [-0.15, -0.1) is 23.1 Å². The van der Waals surface area contributed by atoms with Gasteiger partial charge in [0.05, 0.1) is 25.0 Å². The number of thioether (sulfide) groups is 1. The van der Waals surface area contributed by atoms with Gasteiger partial charge in [0.15, 0.2) is 0 Å². The molecule has 0 aliphatic carbocycles. The average molecular weight is 390 g/mol. The average Bonchev–Trinajstić information content (AvgIpc) is 2.95. The van der Waals surface area contributed by atoms with Crippen LogP contribution in [-0.2, 0) is 9.53 Å². The number of anilines is 1. The van der Waals surface area contributed by atoms with Crippen LogP contribution in [-0.4, -0.2) is 31.3 Å². The predicted octanol–water partition coefficient (Wildman–Crippen LogP) is 3.84. The zero-order chi connectivity index (χ0) is 19.1. The fraction of sp³-hybridized carbons (Fsp3) is 0.278. The van der Waals surface area contributed by atoms with Gasteiger partial charge < -0.3 is 14.8 Å². The van der Waals surface area contributed by atoms with Gasteiger partial charge in [0.25, 0.3) is 0 Å². The third-order valence-corrected chi connectivity index (χ3v) is 5.60. The quantitative estimate of drug-likeness (QED) is 0.571. The molecular weight excluding hydrogens is 372 g/mol. The van der Waals surface area contributed by atoms with E-state index in [4.69, 9.17) is 9.47 Å². The molecule has 0 unspecified atom stereocenters. The summed E-state index contributed by atoms with van der Waals surface area (Å²) in [6, 6.07) is 9.42. The molecule has 1 heterocycles. The summed E-state index contributed by atoms with van der Waals surface area (Å²) in [6.07, 6.45) is 0. The molecule has 1 aromatic carbocycles. The van der Waals surface area contributed by atoms with Gasteiger partial charge in [-0.25, -0.2) is 4.79 Å². The Morgan fingerprint density at radius 3 is 2.58 bits per heavy atom. The van der Waals surface area contributed by atoms with E-state index in [2.05, 4.69) is 5.32 Å². The molecule has 2 aromatic rings. The monoisotopic (exact) mass is 390 g/mol. The Balaban J connectivity index is 2.04. The van der Waals surface area contributed by atoms with Crippen molar-refractivity contribution in [1.82, 2.24) is 0 Å². The van der Waals surface area contributed by atoms with Crippen LogP contribution in [0.2, 0.25) is 0 Å². The first-order chi connectivity index (χ1) is 12.5. The molecule has 0 aliphatic heterocycles. The van der Waals surface area contributed by atoms with Gasteiger partial charge >= 0.3 is 5.97 Å². The Hall–Kier alpha value is -2.50. The number of nitrogens with one attached hydrogen (secondary N) is 1. The van der Waals surface area contributed by atoms with E-state index in [0.717, 1.165) is 22.0 Å². The van der Waals surface area contributed by atoms with Crippen molar-refractivity contribution >= 4 is 40.0 Å². The summed E-state index contributed by atoms with van der Waals surface area (Å²) in [5.41, 5.74) is 0.815. The summed E-state index contributed by atoms with van der Waals surface area (Å²) in [6.45, 7) is 3.63. The van der Waals surface area contributed by atoms with Gasteiger partial charge in [-0.05, 0) is 43.7 Å². The molecule has 0 radical (unpaired) electrons. The van der Waals surface area contributed by atoms with Crippen molar-refractivity contribution in [2.75, 3.05) is 24.8 Å². The summed E-state index contributed by atoms with van der Waals surface area (Å²) < 4.78 is 10.1. The highest BCUT2D eigenvalue weighted by Gasteiger charge is 2.22. The number of hydrogen-bond acceptors (Lipinski definition) is 7. The maximum atomic E-state index is 12.2. The van der Waals surface area contributed by atoms with Crippen LogP contribution in [0.4, 0.5) is 5.00 Å². The molecule has 0 aliphatic rings. The van der Waals surface area contributed by atoms with Crippen molar-refractivity contribution in [2.24, 2.45) is 0 Å². The molecule has 1 N–H and O–H groups in total. The summed E-state index contributed by atoms with van der Waals surface area (Å²) in [5, 5.41) is 12.4. The number of esters is 1. The predicted molar refractivity (Wildman–Crippen MR) is 102 cm³/mol. The van der Waals surface area contributed by atoms with Gasteiger partial charge in [-0.2, -0.15) is 5.26 Å². The van der Waals surface area contributed by atoms with Crippen LogP contribution in [0, 0.1) is 18.3 Å². The lowest BCUT2D eigenvalue weighted by atomic mass is 10.2. The molecule has 2 rings (SSSR count). The maximum absolute atomic E-state index is 12.2. The Kier molecular flexibility index (Phi) is 7.06. The van der Waals surface area contributed by atoms with E-state index in [9.17, 15) is 14.9 Å². The molecule has 0 fully saturated rings. The summed E-state index contributed by atoms with van der Waals surface area (Å²) in [7, 11) is 1.59. The molecule has 1 aromatic heterocycles. The Labute approximate surface area is 160 Å². The Morgan fingerprint density at radius 1 is 1.31 bits per heavy atom. The first-order valence-electron chi connectivity index (χ1n) is 7.77. The number of carbonyl (C=O) groups is 2. The number of ether oxygens (including phenoxy) is 2. The van der Waals surface area contributed by atoms with Crippen molar-refractivity contribution < 1.29 is 19.1 Å². The number of benzene rings is 1. The largest absolute Gasteiger partial charge is 0.497 e. The van der Waals surface area contributed by atoms with Crippen LogP contribution in [0.25, 0.3) is 0 Å². The van der Waals surface area contributed by atoms with Crippen molar-refractivity contribution in [3.63, 3.8) is 0 Å². The number of methoxy groups -OCH3 is 1. The topological polar surface area (TPSA) is 88.4 Å². The summed E-state index contributed by atoms with van der Waals surface area (Å²) in [4.78, 5) is 25.4. The minimum atomic E-state index is -0.486. The molecular formula is C18H18N2O4S2. The highest BCUT2D eigenvalue weighted by atomic mass is 32.2. The van der Waals surface area contributed by atoms with Crippen molar-refractivity contribution in [3.8, 4) is 11.8 Å². The van der Waals surface area contributed by atoms with E-state index in [1.807, 2.05) is 30.3 Å². The van der Waals surface area contributed by atoms with E-state index in [1.54, 1.807) is 21.0 Å². The number of nitriles is 1. The number of amides is 1. The zero-order valence-corrected chi connectivity index (χ0v) is 16.3. The fourth-order valence-electron chi connectivity index (χ4n) is 2.11. The number of carbonyl (C=O) groups excluding carboxylic acids is 2. The molecule has 0 bridgehead atoms. The highest BCUT2D eigenvalue weighted by Crippen LogP contribution is 2.33. The van der Waals surface area contributed by atoms with Crippen molar-refractivity contribution in [2.45, 2.75) is 18.7 Å². The molecule has 0 saturated heterocycles. The molecule has 1 amide bonds. The zero-order valence-electron chi connectivity index (χ0n) is 14.6.